The van der Waals surface area contributed by atoms with Crippen molar-refractivity contribution in [3.63, 3.8) is 0 Å². The number of hydrogen-bond acceptors (Lipinski definition) is 4. The van der Waals surface area contributed by atoms with Crippen molar-refractivity contribution in [1.82, 2.24) is 5.32 Å². The monoisotopic (exact) mass is 217 g/mol. The summed E-state index contributed by atoms with van der Waals surface area (Å²) in [5.41, 5.74) is -0.558. The van der Waals surface area contributed by atoms with Crippen LogP contribution in [0.5, 0.6) is 0 Å². The number of esters is 1. The summed E-state index contributed by atoms with van der Waals surface area (Å²) in [6.07, 6.45) is 2.40. The number of nitrogens with one attached hydrogen (secondary N) is 1. The molecule has 0 bridgehead atoms. The van der Waals surface area contributed by atoms with Crippen LogP contribution in [0.15, 0.2) is 0 Å². The quantitative estimate of drug-likeness (QED) is 0.726. The highest BCUT2D eigenvalue weighted by molar-refractivity contribution is 7.99. The summed E-state index contributed by atoms with van der Waals surface area (Å²) in [5, 5.41) is 3.35. The molecule has 1 rings (SSSR count). The van der Waals surface area contributed by atoms with Crippen molar-refractivity contribution >= 4 is 17.7 Å². The van der Waals surface area contributed by atoms with E-state index in [1.54, 1.807) is 0 Å². The van der Waals surface area contributed by atoms with E-state index in [1.165, 1.54) is 19.3 Å². The van der Waals surface area contributed by atoms with Gasteiger partial charge < -0.3 is 4.74 Å². The van der Waals surface area contributed by atoms with Gasteiger partial charge >= 0.3 is 5.97 Å². The van der Waals surface area contributed by atoms with Gasteiger partial charge in [0.1, 0.15) is 5.54 Å². The number of carbonyl (C=O) groups is 1. The number of methoxy groups -OCH3 is 1. The summed E-state index contributed by atoms with van der Waals surface area (Å²) in [7, 11) is 1.43. The molecular formula is C10H19NO2S. The average molecular weight is 217 g/mol. The van der Waals surface area contributed by atoms with Crippen LogP contribution in [0.1, 0.15) is 26.7 Å². The van der Waals surface area contributed by atoms with Gasteiger partial charge in [-0.3, -0.25) is 10.1 Å². The summed E-state index contributed by atoms with van der Waals surface area (Å²) in [4.78, 5) is 11.4. The largest absolute Gasteiger partial charge is 0.468 e. The highest BCUT2D eigenvalue weighted by Crippen LogP contribution is 2.19. The molecule has 1 N–H and O–H groups in total. The predicted octanol–water partition coefficient (Wildman–Crippen LogP) is 1.42. The Bertz CT molecular complexity index is 200. The normalized spacial score (nSPS) is 23.2. The summed E-state index contributed by atoms with van der Waals surface area (Å²) in [6.45, 7) is 3.75. The molecule has 0 amide bonds. The van der Waals surface area contributed by atoms with Crippen LogP contribution in [-0.2, 0) is 9.53 Å². The van der Waals surface area contributed by atoms with Gasteiger partial charge in [0, 0.05) is 11.8 Å². The first-order chi connectivity index (χ1) is 6.56. The van der Waals surface area contributed by atoms with Crippen LogP contribution < -0.4 is 5.32 Å². The van der Waals surface area contributed by atoms with Crippen molar-refractivity contribution in [1.29, 1.82) is 0 Å². The Morgan fingerprint density at radius 3 is 2.79 bits per heavy atom. The standard InChI is InChI=1S/C10H19NO2S/c1-10(2,9(12)13-3)11-8-5-4-6-14-7-8/h8,11H,4-7H2,1-3H3. The predicted molar refractivity (Wildman–Crippen MR) is 59.6 cm³/mol. The van der Waals surface area contributed by atoms with Gasteiger partial charge in [0.2, 0.25) is 0 Å². The lowest BCUT2D eigenvalue weighted by Crippen LogP contribution is -2.53. The Labute approximate surface area is 90.0 Å². The Morgan fingerprint density at radius 2 is 2.29 bits per heavy atom. The minimum absolute atomic E-state index is 0.187. The zero-order chi connectivity index (χ0) is 10.6. The van der Waals surface area contributed by atoms with Crippen LogP contribution in [0.4, 0.5) is 0 Å². The van der Waals surface area contributed by atoms with Crippen LogP contribution in [0.2, 0.25) is 0 Å². The molecule has 1 aliphatic heterocycles. The Balaban J connectivity index is 2.44. The average Bonchev–Trinajstić information content (AvgIpc) is 2.17. The number of rotatable bonds is 3. The second-order valence-electron chi connectivity index (χ2n) is 4.17. The third-order valence-corrected chi connectivity index (χ3v) is 3.64. The Morgan fingerprint density at radius 1 is 1.57 bits per heavy atom. The molecule has 0 aromatic rings. The molecule has 1 saturated heterocycles. The molecule has 1 aliphatic rings. The van der Waals surface area contributed by atoms with Gasteiger partial charge in [-0.15, -0.1) is 0 Å². The number of thioether (sulfide) groups is 1. The van der Waals surface area contributed by atoms with Crippen molar-refractivity contribution < 1.29 is 9.53 Å². The van der Waals surface area contributed by atoms with Crippen molar-refractivity contribution in [2.45, 2.75) is 38.3 Å². The van der Waals surface area contributed by atoms with Gasteiger partial charge in [-0.25, -0.2) is 0 Å². The van der Waals surface area contributed by atoms with E-state index in [4.69, 9.17) is 4.74 Å². The van der Waals surface area contributed by atoms with Gasteiger partial charge in [0.05, 0.1) is 7.11 Å². The fourth-order valence-corrected chi connectivity index (χ4v) is 2.75. The molecule has 14 heavy (non-hydrogen) atoms. The summed E-state index contributed by atoms with van der Waals surface area (Å²) >= 11 is 1.95. The fourth-order valence-electron chi connectivity index (χ4n) is 1.68. The van der Waals surface area contributed by atoms with Crippen LogP contribution in [-0.4, -0.2) is 36.2 Å². The van der Waals surface area contributed by atoms with Gasteiger partial charge in [0.25, 0.3) is 0 Å². The summed E-state index contributed by atoms with van der Waals surface area (Å²) in [5.74, 6) is 2.16. The van der Waals surface area contributed by atoms with Gasteiger partial charge in [-0.05, 0) is 32.4 Å². The molecule has 0 aromatic carbocycles. The van der Waals surface area contributed by atoms with E-state index in [1.807, 2.05) is 25.6 Å². The number of hydrogen-bond donors (Lipinski definition) is 1. The summed E-state index contributed by atoms with van der Waals surface area (Å²) in [6, 6.07) is 0.447. The number of carbonyl (C=O) groups excluding carboxylic acids is 1. The molecule has 0 spiro atoms. The zero-order valence-electron chi connectivity index (χ0n) is 9.13. The molecule has 0 saturated carbocycles. The summed E-state index contributed by atoms with van der Waals surface area (Å²) < 4.78 is 4.75. The van der Waals surface area contributed by atoms with Crippen LogP contribution in [0.3, 0.4) is 0 Å². The maximum atomic E-state index is 11.4. The molecule has 82 valence electrons. The molecule has 0 radical (unpaired) electrons. The van der Waals surface area contributed by atoms with Gasteiger partial charge in [-0.2, -0.15) is 11.8 Å². The lowest BCUT2D eigenvalue weighted by Gasteiger charge is -2.31. The molecule has 0 aliphatic carbocycles. The van der Waals surface area contributed by atoms with Crippen molar-refractivity contribution in [3.05, 3.63) is 0 Å². The van der Waals surface area contributed by atoms with Crippen molar-refractivity contribution in [3.8, 4) is 0 Å². The molecule has 1 fully saturated rings. The fraction of sp³-hybridized carbons (Fsp3) is 0.900. The first-order valence-corrected chi connectivity index (χ1v) is 6.15. The van der Waals surface area contributed by atoms with E-state index >= 15 is 0 Å². The minimum atomic E-state index is -0.558. The molecule has 1 heterocycles. The van der Waals surface area contributed by atoms with E-state index in [-0.39, 0.29) is 5.97 Å². The van der Waals surface area contributed by atoms with E-state index in [2.05, 4.69) is 5.32 Å². The first-order valence-electron chi connectivity index (χ1n) is 5.00. The van der Waals surface area contributed by atoms with Crippen molar-refractivity contribution in [2.24, 2.45) is 0 Å². The van der Waals surface area contributed by atoms with Crippen LogP contribution in [0.25, 0.3) is 0 Å². The molecule has 0 aromatic heterocycles. The molecule has 3 nitrogen and oxygen atoms in total. The maximum Gasteiger partial charge on any atom is 0.325 e. The van der Waals surface area contributed by atoms with Gasteiger partial charge in [-0.1, -0.05) is 0 Å². The van der Waals surface area contributed by atoms with Crippen molar-refractivity contribution in [2.75, 3.05) is 18.6 Å². The minimum Gasteiger partial charge on any atom is -0.468 e. The lowest BCUT2D eigenvalue weighted by atomic mass is 10.0. The highest BCUT2D eigenvalue weighted by atomic mass is 32.2. The van der Waals surface area contributed by atoms with Crippen LogP contribution in [0, 0.1) is 0 Å². The third kappa shape index (κ3) is 3.17. The topological polar surface area (TPSA) is 38.3 Å². The SMILES string of the molecule is COC(=O)C(C)(C)NC1CCCSC1. The van der Waals surface area contributed by atoms with Crippen LogP contribution >= 0.6 is 11.8 Å². The third-order valence-electron chi connectivity index (χ3n) is 2.42. The Kier molecular flexibility index (Phi) is 4.26. The van der Waals surface area contributed by atoms with E-state index < -0.39 is 5.54 Å². The van der Waals surface area contributed by atoms with E-state index in [0.29, 0.717) is 6.04 Å². The van der Waals surface area contributed by atoms with Gasteiger partial charge in [0.15, 0.2) is 0 Å². The molecular weight excluding hydrogens is 198 g/mol. The maximum absolute atomic E-state index is 11.4. The Hall–Kier alpha value is -0.220. The molecule has 1 unspecified atom stereocenters. The lowest BCUT2D eigenvalue weighted by molar-refractivity contribution is -0.147. The zero-order valence-corrected chi connectivity index (χ0v) is 9.95. The molecule has 4 heteroatoms. The smallest absolute Gasteiger partial charge is 0.325 e. The highest BCUT2D eigenvalue weighted by Gasteiger charge is 2.31. The van der Waals surface area contributed by atoms with E-state index in [0.717, 1.165) is 12.2 Å². The number of ether oxygens (including phenoxy) is 1. The second-order valence-corrected chi connectivity index (χ2v) is 5.32. The van der Waals surface area contributed by atoms with E-state index in [9.17, 15) is 4.79 Å². The second kappa shape index (κ2) is 5.03. The molecule has 1 atom stereocenters. The first kappa shape index (κ1) is 11.9.